The summed E-state index contributed by atoms with van der Waals surface area (Å²) in [6, 6.07) is 0.748. The van der Waals surface area contributed by atoms with E-state index in [2.05, 4.69) is 31.0 Å². The fourth-order valence-electron chi connectivity index (χ4n) is 2.19. The molecule has 1 unspecified atom stereocenters. The van der Waals surface area contributed by atoms with E-state index in [1.54, 1.807) is 0 Å². The predicted molar refractivity (Wildman–Crippen MR) is 58.0 cm³/mol. The molecule has 0 aliphatic carbocycles. The average molecular weight is 184 g/mol. The maximum atomic E-state index is 3.55. The Kier molecular flexibility index (Phi) is 4.74. The third-order valence-electron chi connectivity index (χ3n) is 2.62. The van der Waals surface area contributed by atoms with Crippen LogP contribution in [0.2, 0.25) is 0 Å². The van der Waals surface area contributed by atoms with Gasteiger partial charge in [-0.3, -0.25) is 0 Å². The summed E-state index contributed by atoms with van der Waals surface area (Å²) in [5.41, 5.74) is 0. The molecular weight excluding hydrogens is 160 g/mol. The van der Waals surface area contributed by atoms with Crippen LogP contribution in [0, 0.1) is 5.92 Å². The van der Waals surface area contributed by atoms with Gasteiger partial charge in [0.1, 0.15) is 0 Å². The van der Waals surface area contributed by atoms with Gasteiger partial charge in [-0.1, -0.05) is 20.8 Å². The molecule has 1 aliphatic rings. The fraction of sp³-hybridized carbons (Fsp3) is 1.00. The molecular formula is C11H24N2. The van der Waals surface area contributed by atoms with Gasteiger partial charge in [0.2, 0.25) is 0 Å². The van der Waals surface area contributed by atoms with E-state index in [0.29, 0.717) is 0 Å². The molecule has 1 saturated heterocycles. The Labute approximate surface area is 82.7 Å². The standard InChI is InChI=1S/C11H24N2/c1-4-12-11-6-5-7-13(9-11)8-10(2)3/h10-12H,4-9H2,1-3H3. The molecule has 2 heteroatoms. The molecule has 0 aromatic heterocycles. The minimum Gasteiger partial charge on any atom is -0.313 e. The second-order valence-corrected chi connectivity index (χ2v) is 4.55. The van der Waals surface area contributed by atoms with E-state index in [0.717, 1.165) is 18.5 Å². The normalized spacial score (nSPS) is 25.4. The number of likely N-dealkylation sites (N-methyl/N-ethyl adjacent to an activating group) is 1. The van der Waals surface area contributed by atoms with E-state index in [9.17, 15) is 0 Å². The Morgan fingerprint density at radius 2 is 2.23 bits per heavy atom. The van der Waals surface area contributed by atoms with Crippen molar-refractivity contribution < 1.29 is 0 Å². The lowest BCUT2D eigenvalue weighted by Gasteiger charge is -2.34. The van der Waals surface area contributed by atoms with Gasteiger partial charge in [0.05, 0.1) is 0 Å². The number of rotatable bonds is 4. The van der Waals surface area contributed by atoms with Crippen LogP contribution in [0.4, 0.5) is 0 Å². The van der Waals surface area contributed by atoms with Crippen molar-refractivity contribution in [3.63, 3.8) is 0 Å². The van der Waals surface area contributed by atoms with Crippen molar-refractivity contribution in [2.24, 2.45) is 5.92 Å². The summed E-state index contributed by atoms with van der Waals surface area (Å²) in [7, 11) is 0. The molecule has 0 spiro atoms. The average Bonchev–Trinajstić information content (AvgIpc) is 2.04. The highest BCUT2D eigenvalue weighted by Gasteiger charge is 2.18. The van der Waals surface area contributed by atoms with Crippen molar-refractivity contribution in [1.82, 2.24) is 10.2 Å². The van der Waals surface area contributed by atoms with Crippen molar-refractivity contribution in [3.8, 4) is 0 Å². The van der Waals surface area contributed by atoms with Gasteiger partial charge >= 0.3 is 0 Å². The number of piperidine rings is 1. The van der Waals surface area contributed by atoms with Crippen LogP contribution < -0.4 is 5.32 Å². The van der Waals surface area contributed by atoms with Gasteiger partial charge in [0.25, 0.3) is 0 Å². The van der Waals surface area contributed by atoms with Crippen LogP contribution in [0.25, 0.3) is 0 Å². The van der Waals surface area contributed by atoms with Crippen LogP contribution in [-0.2, 0) is 0 Å². The zero-order chi connectivity index (χ0) is 9.68. The van der Waals surface area contributed by atoms with Gasteiger partial charge in [-0.25, -0.2) is 0 Å². The quantitative estimate of drug-likeness (QED) is 0.715. The second kappa shape index (κ2) is 5.61. The number of nitrogens with one attached hydrogen (secondary N) is 1. The summed E-state index contributed by atoms with van der Waals surface area (Å²) in [4.78, 5) is 2.60. The molecule has 0 amide bonds. The van der Waals surface area contributed by atoms with Gasteiger partial charge in [-0.15, -0.1) is 0 Å². The molecule has 1 N–H and O–H groups in total. The van der Waals surface area contributed by atoms with E-state index in [-0.39, 0.29) is 0 Å². The van der Waals surface area contributed by atoms with E-state index in [1.165, 1.54) is 32.5 Å². The van der Waals surface area contributed by atoms with E-state index < -0.39 is 0 Å². The van der Waals surface area contributed by atoms with E-state index >= 15 is 0 Å². The summed E-state index contributed by atoms with van der Waals surface area (Å²) in [6.07, 6.45) is 2.73. The zero-order valence-corrected chi connectivity index (χ0v) is 9.34. The molecule has 0 saturated carbocycles. The topological polar surface area (TPSA) is 15.3 Å². The predicted octanol–water partition coefficient (Wildman–Crippen LogP) is 1.72. The molecule has 2 nitrogen and oxygen atoms in total. The van der Waals surface area contributed by atoms with E-state index in [4.69, 9.17) is 0 Å². The molecule has 1 aliphatic heterocycles. The molecule has 1 heterocycles. The molecule has 0 aromatic rings. The maximum absolute atomic E-state index is 3.55. The molecule has 0 radical (unpaired) electrons. The highest BCUT2D eigenvalue weighted by molar-refractivity contribution is 4.77. The minimum atomic E-state index is 0.748. The highest BCUT2D eigenvalue weighted by atomic mass is 15.2. The summed E-state index contributed by atoms with van der Waals surface area (Å²) >= 11 is 0. The largest absolute Gasteiger partial charge is 0.313 e. The van der Waals surface area contributed by atoms with Crippen molar-refractivity contribution in [2.75, 3.05) is 26.2 Å². The van der Waals surface area contributed by atoms with Crippen LogP contribution in [0.3, 0.4) is 0 Å². The molecule has 0 bridgehead atoms. The highest BCUT2D eigenvalue weighted by Crippen LogP contribution is 2.11. The summed E-state index contributed by atoms with van der Waals surface area (Å²) < 4.78 is 0. The first kappa shape index (κ1) is 11.0. The third-order valence-corrected chi connectivity index (χ3v) is 2.62. The Morgan fingerprint density at radius 3 is 2.85 bits per heavy atom. The monoisotopic (exact) mass is 184 g/mol. The maximum Gasteiger partial charge on any atom is 0.0195 e. The first-order chi connectivity index (χ1) is 6.22. The Bertz CT molecular complexity index is 132. The first-order valence-electron chi connectivity index (χ1n) is 5.68. The molecule has 13 heavy (non-hydrogen) atoms. The van der Waals surface area contributed by atoms with Gasteiger partial charge < -0.3 is 10.2 Å². The van der Waals surface area contributed by atoms with Gasteiger partial charge in [-0.05, 0) is 31.8 Å². The van der Waals surface area contributed by atoms with Gasteiger partial charge in [0.15, 0.2) is 0 Å². The van der Waals surface area contributed by atoms with Crippen LogP contribution in [0.5, 0.6) is 0 Å². The van der Waals surface area contributed by atoms with Crippen LogP contribution >= 0.6 is 0 Å². The minimum absolute atomic E-state index is 0.748. The van der Waals surface area contributed by atoms with Crippen molar-refractivity contribution in [3.05, 3.63) is 0 Å². The lowest BCUT2D eigenvalue weighted by Crippen LogP contribution is -2.46. The zero-order valence-electron chi connectivity index (χ0n) is 9.34. The van der Waals surface area contributed by atoms with Crippen LogP contribution in [0.15, 0.2) is 0 Å². The third kappa shape index (κ3) is 4.10. The number of nitrogens with zero attached hydrogens (tertiary/aromatic N) is 1. The van der Waals surface area contributed by atoms with Gasteiger partial charge in [-0.2, -0.15) is 0 Å². The molecule has 0 aromatic carbocycles. The molecule has 78 valence electrons. The lowest BCUT2D eigenvalue weighted by atomic mass is 10.0. The summed E-state index contributed by atoms with van der Waals surface area (Å²) in [6.45, 7) is 11.7. The van der Waals surface area contributed by atoms with Crippen molar-refractivity contribution in [2.45, 2.75) is 39.7 Å². The Balaban J connectivity index is 2.24. The number of likely N-dealkylation sites (tertiary alicyclic amines) is 1. The molecule has 1 atom stereocenters. The molecule has 1 rings (SSSR count). The fourth-order valence-corrected chi connectivity index (χ4v) is 2.19. The summed E-state index contributed by atoms with van der Waals surface area (Å²) in [5.74, 6) is 0.806. The van der Waals surface area contributed by atoms with E-state index in [1.807, 2.05) is 0 Å². The van der Waals surface area contributed by atoms with Crippen molar-refractivity contribution >= 4 is 0 Å². The first-order valence-corrected chi connectivity index (χ1v) is 5.68. The van der Waals surface area contributed by atoms with Crippen molar-refractivity contribution in [1.29, 1.82) is 0 Å². The summed E-state index contributed by atoms with van der Waals surface area (Å²) in [5, 5.41) is 3.55. The Morgan fingerprint density at radius 1 is 1.46 bits per heavy atom. The van der Waals surface area contributed by atoms with Crippen LogP contribution in [-0.4, -0.2) is 37.1 Å². The Hall–Kier alpha value is -0.0800. The second-order valence-electron chi connectivity index (χ2n) is 4.55. The number of hydrogen-bond acceptors (Lipinski definition) is 2. The smallest absolute Gasteiger partial charge is 0.0195 e. The number of hydrogen-bond donors (Lipinski definition) is 1. The van der Waals surface area contributed by atoms with Gasteiger partial charge in [0, 0.05) is 19.1 Å². The SMILES string of the molecule is CCNC1CCCN(CC(C)C)C1. The molecule has 1 fully saturated rings. The van der Waals surface area contributed by atoms with Crippen LogP contribution in [0.1, 0.15) is 33.6 Å². The lowest BCUT2D eigenvalue weighted by molar-refractivity contribution is 0.174.